The van der Waals surface area contributed by atoms with Gasteiger partial charge in [0, 0.05) is 6.66 Å². The molecule has 2 aromatic heterocycles. The van der Waals surface area contributed by atoms with Crippen LogP contribution >= 0.6 is 7.52 Å². The number of aliphatic hydroxyl groups is 2. The highest BCUT2D eigenvalue weighted by Gasteiger charge is 2.54. The zero-order valence-electron chi connectivity index (χ0n) is 20.2. The van der Waals surface area contributed by atoms with Crippen molar-refractivity contribution < 1.29 is 38.3 Å². The third-order valence-corrected chi connectivity index (χ3v) is 6.83. The summed E-state index contributed by atoms with van der Waals surface area (Å²) >= 11 is 0. The normalized spacial score (nSPS) is 26.9. The molecule has 0 spiro atoms. The number of nitrogens with one attached hydrogen (secondary N) is 1. The maximum atomic E-state index is 12.9. The third-order valence-electron chi connectivity index (χ3n) is 5.34. The minimum Gasteiger partial charge on any atom is -0.479 e. The number of rotatable bonds is 10. The third kappa shape index (κ3) is 5.80. The molecule has 1 saturated heterocycles. The molecule has 1 fully saturated rings. The Balaban J connectivity index is 1.71. The number of nitrogens with two attached hydrogens (primary N) is 1. The number of ether oxygens (including phenoxy) is 3. The number of nitrogens with zero attached hydrogens (tertiary/aromatic N) is 4. The van der Waals surface area contributed by atoms with Crippen LogP contribution < -0.4 is 15.6 Å². The second kappa shape index (κ2) is 10.2. The van der Waals surface area contributed by atoms with Crippen molar-refractivity contribution in [2.75, 3.05) is 32.7 Å². The molecule has 15 heteroatoms. The summed E-state index contributed by atoms with van der Waals surface area (Å²) < 4.78 is 35.8. The van der Waals surface area contributed by atoms with Gasteiger partial charge in [-0.2, -0.15) is 9.97 Å². The number of fused-ring (bicyclic) bond motifs is 1. The Morgan fingerprint density at radius 3 is 2.80 bits per heavy atom. The van der Waals surface area contributed by atoms with E-state index >= 15 is 0 Å². The van der Waals surface area contributed by atoms with E-state index in [2.05, 4.69) is 26.6 Å². The molecule has 0 aliphatic carbocycles. The van der Waals surface area contributed by atoms with Crippen LogP contribution in [-0.4, -0.2) is 86.5 Å². The van der Waals surface area contributed by atoms with Crippen LogP contribution in [0.4, 0.5) is 5.95 Å². The van der Waals surface area contributed by atoms with Gasteiger partial charge in [-0.25, -0.2) is 10.1 Å². The van der Waals surface area contributed by atoms with Gasteiger partial charge in [-0.05, 0) is 26.3 Å². The molecule has 14 nitrogen and oxygen atoms in total. The quantitative estimate of drug-likeness (QED) is 0.193. The Morgan fingerprint density at radius 1 is 1.49 bits per heavy atom. The van der Waals surface area contributed by atoms with Crippen molar-refractivity contribution in [3.63, 3.8) is 0 Å². The lowest BCUT2D eigenvalue weighted by molar-refractivity contribution is -0.144. The van der Waals surface area contributed by atoms with E-state index in [0.29, 0.717) is 5.57 Å². The summed E-state index contributed by atoms with van der Waals surface area (Å²) in [5.41, 5.74) is 5.11. The highest BCUT2D eigenvalue weighted by Crippen LogP contribution is 2.43. The van der Waals surface area contributed by atoms with Crippen LogP contribution in [0, 0.1) is 0 Å². The molecule has 35 heavy (non-hydrogen) atoms. The number of aliphatic hydroxyl groups excluding tert-OH is 1. The topological polar surface area (TPSA) is 193 Å². The van der Waals surface area contributed by atoms with E-state index < -0.39 is 43.6 Å². The first-order chi connectivity index (χ1) is 16.3. The van der Waals surface area contributed by atoms with E-state index in [1.165, 1.54) is 38.5 Å². The highest BCUT2D eigenvalue weighted by molar-refractivity contribution is 7.56. The smallest absolute Gasteiger partial charge is 0.323 e. The molecule has 1 aliphatic heterocycles. The lowest BCUT2D eigenvalue weighted by Crippen LogP contribution is -2.44. The van der Waals surface area contributed by atoms with Gasteiger partial charge in [0.15, 0.2) is 17.4 Å². The highest BCUT2D eigenvalue weighted by atomic mass is 31.2. The van der Waals surface area contributed by atoms with Crippen LogP contribution in [0.15, 0.2) is 18.5 Å². The zero-order valence-corrected chi connectivity index (χ0v) is 21.1. The second-order valence-electron chi connectivity index (χ2n) is 8.67. The summed E-state index contributed by atoms with van der Waals surface area (Å²) in [7, 11) is -2.13. The van der Waals surface area contributed by atoms with Crippen LogP contribution in [0.5, 0.6) is 5.88 Å². The van der Waals surface area contributed by atoms with Gasteiger partial charge >= 0.3 is 5.97 Å². The summed E-state index contributed by atoms with van der Waals surface area (Å²) in [6.07, 6.45) is -2.30. The fraction of sp³-hybridized carbons (Fsp3) is 0.600. The number of hydrogen-bond acceptors (Lipinski definition) is 12. The van der Waals surface area contributed by atoms with Crippen molar-refractivity contribution in [2.45, 2.75) is 50.8 Å². The van der Waals surface area contributed by atoms with E-state index in [9.17, 15) is 19.6 Å². The number of carbonyl (C=O) groups excluding carboxylic acids is 1. The van der Waals surface area contributed by atoms with Crippen molar-refractivity contribution in [2.24, 2.45) is 0 Å². The molecule has 3 rings (SSSR count). The number of anilines is 1. The number of nitrogen functional groups attached to an aromatic ring is 1. The van der Waals surface area contributed by atoms with Gasteiger partial charge in [0.05, 0.1) is 20.0 Å². The summed E-state index contributed by atoms with van der Waals surface area (Å²) in [5.74, 6) is -0.566. The fourth-order valence-electron chi connectivity index (χ4n) is 3.58. The van der Waals surface area contributed by atoms with Crippen molar-refractivity contribution >= 4 is 30.6 Å². The first kappa shape index (κ1) is 27.0. The van der Waals surface area contributed by atoms with E-state index in [0.717, 1.165) is 0 Å². The van der Waals surface area contributed by atoms with Crippen LogP contribution in [0.2, 0.25) is 0 Å². The Hall–Kier alpha value is -2.61. The fourth-order valence-corrected chi connectivity index (χ4v) is 4.89. The maximum Gasteiger partial charge on any atom is 0.323 e. The molecule has 0 unspecified atom stereocenters. The van der Waals surface area contributed by atoms with E-state index in [1.54, 1.807) is 6.92 Å². The molecule has 2 aromatic rings. The number of esters is 1. The van der Waals surface area contributed by atoms with Gasteiger partial charge < -0.3 is 34.7 Å². The molecule has 0 saturated carbocycles. The Morgan fingerprint density at radius 2 is 2.17 bits per heavy atom. The van der Waals surface area contributed by atoms with Crippen LogP contribution in [0.25, 0.3) is 11.2 Å². The molecule has 0 bridgehead atoms. The van der Waals surface area contributed by atoms with Crippen molar-refractivity contribution in [3.05, 3.63) is 18.5 Å². The predicted octanol–water partition coefficient (Wildman–Crippen LogP) is 0.363. The van der Waals surface area contributed by atoms with Crippen LogP contribution in [-0.2, 0) is 23.4 Å². The molecular formula is C20H31N6O8P. The summed E-state index contributed by atoms with van der Waals surface area (Å²) in [6, 6.07) is -0.923. The molecule has 194 valence electrons. The van der Waals surface area contributed by atoms with Gasteiger partial charge in [0.25, 0.3) is 7.52 Å². The van der Waals surface area contributed by atoms with Gasteiger partial charge in [-0.3, -0.25) is 13.9 Å². The van der Waals surface area contributed by atoms with Crippen molar-refractivity contribution in [3.8, 4) is 5.88 Å². The van der Waals surface area contributed by atoms with Gasteiger partial charge in [0.1, 0.15) is 30.5 Å². The Kier molecular flexibility index (Phi) is 7.84. The molecule has 1 aliphatic rings. The number of hydrogen-bond donors (Lipinski definition) is 4. The van der Waals surface area contributed by atoms with Crippen molar-refractivity contribution in [1.29, 1.82) is 0 Å². The van der Waals surface area contributed by atoms with Gasteiger partial charge in [-0.1, -0.05) is 6.58 Å². The average Bonchev–Trinajstić information content (AvgIpc) is 3.28. The summed E-state index contributed by atoms with van der Waals surface area (Å²) in [5, 5.41) is 24.4. The monoisotopic (exact) mass is 514 g/mol. The largest absolute Gasteiger partial charge is 0.479 e. The molecule has 0 amide bonds. The van der Waals surface area contributed by atoms with Crippen molar-refractivity contribution in [1.82, 2.24) is 24.6 Å². The van der Waals surface area contributed by atoms with Crippen LogP contribution in [0.1, 0.15) is 27.0 Å². The first-order valence-electron chi connectivity index (χ1n) is 10.7. The minimum absolute atomic E-state index is 0.0453. The number of imidazole rings is 1. The molecule has 5 N–H and O–H groups in total. The Bertz CT molecular complexity index is 1150. The van der Waals surface area contributed by atoms with Crippen LogP contribution in [0.3, 0.4) is 0 Å². The zero-order chi connectivity index (χ0) is 26.1. The second-order valence-corrected chi connectivity index (χ2v) is 10.9. The average molecular weight is 514 g/mol. The van der Waals surface area contributed by atoms with E-state index in [4.69, 9.17) is 24.5 Å². The Labute approximate surface area is 201 Å². The number of methoxy groups -OCH3 is 1. The molecule has 6 atom stereocenters. The molecule has 3 heterocycles. The molecular weight excluding hydrogens is 483 g/mol. The van der Waals surface area contributed by atoms with Gasteiger partial charge in [0.2, 0.25) is 11.8 Å². The lowest BCUT2D eigenvalue weighted by atomic mass is 9.96. The summed E-state index contributed by atoms with van der Waals surface area (Å²) in [6.45, 7) is 9.18. The maximum absolute atomic E-state index is 12.9. The lowest BCUT2D eigenvalue weighted by Gasteiger charge is -2.27. The molecule has 0 aromatic carbocycles. The SMILES string of the molecule is C=C(C)COC(=O)[C@H](C)N[P@](C)(=O)OC[C@H]1O[C@@H](n2cnc3c(OC)nc(N)nc32)[C@](C)(O)[C@@H]1O. The minimum atomic E-state index is -3.53. The summed E-state index contributed by atoms with van der Waals surface area (Å²) in [4.78, 5) is 24.3. The number of aromatic nitrogens is 4. The van der Waals surface area contributed by atoms with E-state index in [1.807, 2.05) is 0 Å². The predicted molar refractivity (Wildman–Crippen MR) is 125 cm³/mol. The van der Waals surface area contributed by atoms with E-state index in [-0.39, 0.29) is 36.2 Å². The first-order valence-corrected chi connectivity index (χ1v) is 12.7. The standard InChI is InChI=1S/C20H31N6O8P/c1-10(2)7-32-17(28)11(3)25-35(6,30)33-8-12-14(27)20(4,29)18(34-12)26-9-22-13-15(26)23-19(21)24-16(13)31-5/h9,11-12,14,18,27,29H,1,7-8H2,2-6H3,(H,25,30)(H2,21,23,24)/t11-,12+,14+,18+,20+,35+/m0/s1. The molecule has 0 radical (unpaired) electrons. The van der Waals surface area contributed by atoms with Gasteiger partial charge in [-0.15, -0.1) is 0 Å². The number of carbonyl (C=O) groups is 1.